The Balaban J connectivity index is 2.44. The van der Waals surface area contributed by atoms with Crippen molar-refractivity contribution in [2.75, 3.05) is 0 Å². The first-order valence-electron chi connectivity index (χ1n) is 6.86. The van der Waals surface area contributed by atoms with Crippen LogP contribution in [0.1, 0.15) is 19.4 Å². The molecule has 0 aliphatic heterocycles. The summed E-state index contributed by atoms with van der Waals surface area (Å²) >= 11 is 0. The lowest BCUT2D eigenvalue weighted by atomic mass is 10.1. The Hall–Kier alpha value is -2.49. The molecule has 0 aliphatic rings. The maximum absolute atomic E-state index is 11.7. The molecule has 0 saturated heterocycles. The fraction of sp³-hybridized carbons (Fsp3) is 0.235. The summed E-state index contributed by atoms with van der Waals surface area (Å²) in [5, 5.41) is 2.79. The van der Waals surface area contributed by atoms with E-state index in [-0.39, 0.29) is 6.04 Å². The van der Waals surface area contributed by atoms with Crippen LogP contribution in [-0.2, 0) is 11.2 Å². The minimum Gasteiger partial charge on any atom is -0.423 e. The second kappa shape index (κ2) is 9.42. The molecule has 1 aromatic carbocycles. The van der Waals surface area contributed by atoms with E-state index >= 15 is 0 Å². The molecule has 1 unspecified atom stereocenters. The topological polar surface area (TPSA) is 41.3 Å². The van der Waals surface area contributed by atoms with E-state index in [4.69, 9.17) is 4.74 Å². The molecule has 0 radical (unpaired) electrons. The second-order valence-electron chi connectivity index (χ2n) is 4.53. The van der Waals surface area contributed by atoms with E-state index in [0.717, 1.165) is 6.42 Å². The van der Waals surface area contributed by atoms with Crippen LogP contribution in [0.15, 0.2) is 55.3 Å². The minimum atomic E-state index is -0.475. The van der Waals surface area contributed by atoms with E-state index < -0.39 is 6.09 Å². The summed E-state index contributed by atoms with van der Waals surface area (Å²) in [6.07, 6.45) is 6.74. The number of carbonyl (C=O) groups is 1. The highest BCUT2D eigenvalue weighted by molar-refractivity contribution is 5.75. The van der Waals surface area contributed by atoms with E-state index in [1.54, 1.807) is 29.5 Å². The fourth-order valence-corrected chi connectivity index (χ4v) is 1.70. The van der Waals surface area contributed by atoms with Crippen molar-refractivity contribution in [1.82, 2.24) is 5.32 Å². The van der Waals surface area contributed by atoms with Crippen LogP contribution in [0.5, 0.6) is 0 Å². The van der Waals surface area contributed by atoms with Crippen LogP contribution in [-0.4, -0.2) is 23.1 Å². The highest BCUT2D eigenvalue weighted by atomic mass is 16.5. The molecular formula is C17H22N2O2. The largest absolute Gasteiger partial charge is 0.423 e. The molecular weight excluding hydrogens is 264 g/mol. The molecule has 0 aromatic heterocycles. The van der Waals surface area contributed by atoms with Crippen LogP contribution in [0.3, 0.4) is 0 Å². The third kappa shape index (κ3) is 7.01. The van der Waals surface area contributed by atoms with E-state index in [0.29, 0.717) is 0 Å². The number of amides is 1. The lowest BCUT2D eigenvalue weighted by Crippen LogP contribution is -2.34. The van der Waals surface area contributed by atoms with Gasteiger partial charge in [-0.1, -0.05) is 49.1 Å². The molecule has 112 valence electrons. The average Bonchev–Trinajstić information content (AvgIpc) is 2.48. The van der Waals surface area contributed by atoms with Crippen LogP contribution in [0.4, 0.5) is 4.79 Å². The lowest BCUT2D eigenvalue weighted by molar-refractivity contribution is -0.413. The van der Waals surface area contributed by atoms with Gasteiger partial charge in [0.1, 0.15) is 0 Å². The maximum atomic E-state index is 11.7. The SMILES string of the molecule is C=C/C=C\[N+](=COC(=O)NC(C)Cc1ccccc1)[CH-]C. The first-order chi connectivity index (χ1) is 10.2. The predicted molar refractivity (Wildman–Crippen MR) is 84.9 cm³/mol. The Morgan fingerprint density at radius 2 is 2.19 bits per heavy atom. The molecule has 1 N–H and O–H groups in total. The van der Waals surface area contributed by atoms with E-state index in [1.807, 2.05) is 44.2 Å². The van der Waals surface area contributed by atoms with Gasteiger partial charge in [-0.15, -0.1) is 0 Å². The molecule has 4 heteroatoms. The van der Waals surface area contributed by atoms with Crippen LogP contribution in [0, 0.1) is 6.54 Å². The number of hydrogen-bond donors (Lipinski definition) is 1. The summed E-state index contributed by atoms with van der Waals surface area (Å²) in [6, 6.07) is 9.99. The van der Waals surface area contributed by atoms with Crippen molar-refractivity contribution in [3.8, 4) is 0 Å². The van der Waals surface area contributed by atoms with Gasteiger partial charge in [0.2, 0.25) is 6.40 Å². The summed E-state index contributed by atoms with van der Waals surface area (Å²) in [4.78, 5) is 11.7. The van der Waals surface area contributed by atoms with Crippen molar-refractivity contribution < 1.29 is 14.1 Å². The third-order valence-electron chi connectivity index (χ3n) is 2.72. The smallest absolute Gasteiger partial charge is 0.404 e. The van der Waals surface area contributed by atoms with E-state index in [9.17, 15) is 4.79 Å². The fourth-order valence-electron chi connectivity index (χ4n) is 1.70. The van der Waals surface area contributed by atoms with Crippen molar-refractivity contribution in [3.05, 3.63) is 67.4 Å². The number of allylic oxidation sites excluding steroid dienone is 2. The van der Waals surface area contributed by atoms with Gasteiger partial charge in [0, 0.05) is 12.6 Å². The Labute approximate surface area is 126 Å². The number of nitrogens with one attached hydrogen (secondary N) is 1. The molecule has 0 heterocycles. The van der Waals surface area contributed by atoms with E-state index in [1.165, 1.54) is 12.0 Å². The van der Waals surface area contributed by atoms with Gasteiger partial charge in [-0.25, -0.2) is 4.79 Å². The van der Waals surface area contributed by atoms with Crippen molar-refractivity contribution in [3.63, 3.8) is 0 Å². The van der Waals surface area contributed by atoms with Crippen molar-refractivity contribution >= 4 is 12.5 Å². The number of alkyl carbamates (subject to hydrolysis) is 1. The standard InChI is InChI=1S/C17H22N2O2/c1-4-6-12-19(5-2)14-21-17(20)18-15(3)13-16-10-8-7-9-11-16/h4-12,14-15H,1,13H2,2-3H3,(H,18,20)/b12-6-. The van der Waals surface area contributed by atoms with Crippen LogP contribution in [0.25, 0.3) is 0 Å². The number of ether oxygens (including phenoxy) is 1. The minimum absolute atomic E-state index is 0.00364. The number of benzene rings is 1. The van der Waals surface area contributed by atoms with Gasteiger partial charge in [-0.05, 0) is 25.8 Å². The molecule has 1 atom stereocenters. The Bertz CT molecular complexity index is 507. The van der Waals surface area contributed by atoms with Gasteiger partial charge in [0.05, 0.1) is 6.20 Å². The van der Waals surface area contributed by atoms with Crippen molar-refractivity contribution in [1.29, 1.82) is 0 Å². The Kier molecular flexibility index (Phi) is 7.43. The van der Waals surface area contributed by atoms with Gasteiger partial charge >= 0.3 is 6.09 Å². The zero-order valence-corrected chi connectivity index (χ0v) is 12.5. The van der Waals surface area contributed by atoms with Crippen LogP contribution < -0.4 is 5.32 Å². The summed E-state index contributed by atoms with van der Waals surface area (Å²) in [5.41, 5.74) is 1.17. The van der Waals surface area contributed by atoms with Crippen LogP contribution in [0.2, 0.25) is 0 Å². The Morgan fingerprint density at radius 1 is 1.48 bits per heavy atom. The van der Waals surface area contributed by atoms with Gasteiger partial charge in [0.15, 0.2) is 0 Å². The third-order valence-corrected chi connectivity index (χ3v) is 2.72. The molecule has 4 nitrogen and oxygen atoms in total. The monoisotopic (exact) mass is 286 g/mol. The lowest BCUT2D eigenvalue weighted by Gasteiger charge is -2.13. The highest BCUT2D eigenvalue weighted by Crippen LogP contribution is 2.02. The van der Waals surface area contributed by atoms with Gasteiger partial charge in [-0.3, -0.25) is 0 Å². The average molecular weight is 286 g/mol. The molecule has 1 rings (SSSR count). The quantitative estimate of drug-likeness (QED) is 0.275. The number of carbonyl (C=O) groups excluding carboxylic acids is 1. The summed E-state index contributed by atoms with van der Waals surface area (Å²) < 4.78 is 6.66. The summed E-state index contributed by atoms with van der Waals surface area (Å²) in [7, 11) is 0. The predicted octanol–water partition coefficient (Wildman–Crippen LogP) is 3.27. The molecule has 0 fully saturated rings. The molecule has 1 aromatic rings. The molecule has 0 bridgehead atoms. The summed E-state index contributed by atoms with van der Waals surface area (Å²) in [6.45, 7) is 9.12. The van der Waals surface area contributed by atoms with Gasteiger partial charge in [0.25, 0.3) is 0 Å². The number of nitrogens with zero attached hydrogens (tertiary/aromatic N) is 1. The first kappa shape index (κ1) is 16.6. The van der Waals surface area contributed by atoms with Crippen molar-refractivity contribution in [2.24, 2.45) is 0 Å². The van der Waals surface area contributed by atoms with Gasteiger partial charge < -0.3 is 14.6 Å². The highest BCUT2D eigenvalue weighted by Gasteiger charge is 2.08. The van der Waals surface area contributed by atoms with Crippen LogP contribution >= 0.6 is 0 Å². The Morgan fingerprint density at radius 3 is 2.81 bits per heavy atom. The number of rotatable bonds is 7. The second-order valence-corrected chi connectivity index (χ2v) is 4.53. The molecule has 0 aliphatic carbocycles. The molecule has 21 heavy (non-hydrogen) atoms. The molecule has 1 amide bonds. The molecule has 0 spiro atoms. The molecule has 0 saturated carbocycles. The maximum Gasteiger partial charge on any atom is 0.404 e. The van der Waals surface area contributed by atoms with Crippen molar-refractivity contribution in [2.45, 2.75) is 26.3 Å². The first-order valence-corrected chi connectivity index (χ1v) is 6.86. The number of hydrogen-bond acceptors (Lipinski definition) is 2. The normalized spacial score (nSPS) is 12.8. The zero-order valence-electron chi connectivity index (χ0n) is 12.5. The zero-order chi connectivity index (χ0) is 15.5. The summed E-state index contributed by atoms with van der Waals surface area (Å²) in [5.74, 6) is 0. The van der Waals surface area contributed by atoms with Gasteiger partial charge in [-0.2, -0.15) is 0 Å². The van der Waals surface area contributed by atoms with E-state index in [2.05, 4.69) is 11.9 Å².